The highest BCUT2D eigenvalue weighted by atomic mass is 79.9. The zero-order valence-corrected chi connectivity index (χ0v) is 14.4. The molecule has 0 radical (unpaired) electrons. The molecule has 2 aromatic rings. The summed E-state index contributed by atoms with van der Waals surface area (Å²) in [6, 6.07) is 14.2. The maximum atomic E-state index is 5.97. The lowest BCUT2D eigenvalue weighted by Crippen LogP contribution is -2.14. The van der Waals surface area contributed by atoms with Crippen molar-refractivity contribution in [2.75, 3.05) is 0 Å². The van der Waals surface area contributed by atoms with Crippen molar-refractivity contribution < 1.29 is 4.74 Å². The summed E-state index contributed by atoms with van der Waals surface area (Å²) >= 11 is 3.51. The molecule has 0 bridgehead atoms. The van der Waals surface area contributed by atoms with E-state index in [1.807, 2.05) is 30.3 Å². The highest BCUT2D eigenvalue weighted by molar-refractivity contribution is 9.10. The molecule has 2 nitrogen and oxygen atoms in total. The van der Waals surface area contributed by atoms with Gasteiger partial charge >= 0.3 is 0 Å². The Kier molecular flexibility index (Phi) is 5.07. The first kappa shape index (κ1) is 16.1. The molecular weight excluding hydrogens is 326 g/mol. The summed E-state index contributed by atoms with van der Waals surface area (Å²) in [4.78, 5) is 0. The molecule has 0 spiro atoms. The molecular formula is C18H22BrNO. The van der Waals surface area contributed by atoms with Gasteiger partial charge < -0.3 is 10.5 Å². The lowest BCUT2D eigenvalue weighted by atomic mass is 9.82. The number of halogens is 1. The SMILES string of the molecule is CCC(C)(C)c1ccc(Oc2cccc(Br)c2CN)cc1. The van der Waals surface area contributed by atoms with Gasteiger partial charge in [0.2, 0.25) is 0 Å². The molecule has 3 heteroatoms. The van der Waals surface area contributed by atoms with Gasteiger partial charge in [-0.15, -0.1) is 0 Å². The summed E-state index contributed by atoms with van der Waals surface area (Å²) in [5, 5.41) is 0. The van der Waals surface area contributed by atoms with Crippen LogP contribution in [0.3, 0.4) is 0 Å². The summed E-state index contributed by atoms with van der Waals surface area (Å²) in [7, 11) is 0. The predicted octanol–water partition coefficient (Wildman–Crippen LogP) is 5.39. The van der Waals surface area contributed by atoms with Gasteiger partial charge in [-0.1, -0.05) is 54.9 Å². The van der Waals surface area contributed by atoms with Gasteiger partial charge in [-0.3, -0.25) is 0 Å². The van der Waals surface area contributed by atoms with E-state index < -0.39 is 0 Å². The standard InChI is InChI=1S/C18H22BrNO/c1-4-18(2,3)13-8-10-14(11-9-13)21-17-7-5-6-16(19)15(17)12-20/h5-11H,4,12,20H2,1-3H3. The van der Waals surface area contributed by atoms with E-state index in [0.29, 0.717) is 6.54 Å². The van der Waals surface area contributed by atoms with E-state index in [1.54, 1.807) is 0 Å². The van der Waals surface area contributed by atoms with E-state index in [0.717, 1.165) is 28.0 Å². The van der Waals surface area contributed by atoms with Crippen LogP contribution in [0.25, 0.3) is 0 Å². The Morgan fingerprint density at radius 2 is 1.76 bits per heavy atom. The molecule has 0 unspecified atom stereocenters. The monoisotopic (exact) mass is 347 g/mol. The van der Waals surface area contributed by atoms with Crippen molar-refractivity contribution in [1.29, 1.82) is 0 Å². The second-order valence-electron chi connectivity index (χ2n) is 5.78. The third-order valence-corrected chi connectivity index (χ3v) is 4.77. The summed E-state index contributed by atoms with van der Waals surface area (Å²) in [5.74, 6) is 1.63. The molecule has 21 heavy (non-hydrogen) atoms. The highest BCUT2D eigenvalue weighted by Gasteiger charge is 2.17. The van der Waals surface area contributed by atoms with Crippen LogP contribution in [0.2, 0.25) is 0 Å². The van der Waals surface area contributed by atoms with Crippen molar-refractivity contribution in [3.63, 3.8) is 0 Å². The summed E-state index contributed by atoms with van der Waals surface area (Å²) < 4.78 is 6.95. The molecule has 0 aliphatic heterocycles. The average Bonchev–Trinajstić information content (AvgIpc) is 2.48. The van der Waals surface area contributed by atoms with Gasteiger partial charge in [0.1, 0.15) is 11.5 Å². The minimum atomic E-state index is 0.191. The third-order valence-electron chi connectivity index (χ3n) is 4.03. The van der Waals surface area contributed by atoms with Crippen molar-refractivity contribution in [1.82, 2.24) is 0 Å². The van der Waals surface area contributed by atoms with Crippen LogP contribution in [0.4, 0.5) is 0 Å². The largest absolute Gasteiger partial charge is 0.457 e. The van der Waals surface area contributed by atoms with E-state index in [1.165, 1.54) is 5.56 Å². The molecule has 112 valence electrons. The Morgan fingerprint density at radius 1 is 1.10 bits per heavy atom. The number of hydrogen-bond donors (Lipinski definition) is 1. The Morgan fingerprint density at radius 3 is 2.33 bits per heavy atom. The fraction of sp³-hybridized carbons (Fsp3) is 0.333. The summed E-state index contributed by atoms with van der Waals surface area (Å²) in [6.45, 7) is 7.16. The molecule has 0 aromatic heterocycles. The fourth-order valence-electron chi connectivity index (χ4n) is 2.14. The van der Waals surface area contributed by atoms with Crippen LogP contribution in [0.15, 0.2) is 46.9 Å². The zero-order valence-electron chi connectivity index (χ0n) is 12.8. The van der Waals surface area contributed by atoms with Crippen LogP contribution in [0, 0.1) is 0 Å². The fourth-order valence-corrected chi connectivity index (χ4v) is 2.65. The highest BCUT2D eigenvalue weighted by Crippen LogP contribution is 2.32. The molecule has 0 aliphatic rings. The topological polar surface area (TPSA) is 35.2 Å². The Balaban J connectivity index is 2.24. The lowest BCUT2D eigenvalue weighted by molar-refractivity contribution is 0.472. The summed E-state index contributed by atoms with van der Waals surface area (Å²) in [5.41, 5.74) is 8.29. The van der Waals surface area contributed by atoms with Crippen molar-refractivity contribution in [2.45, 2.75) is 39.2 Å². The molecule has 0 fully saturated rings. The van der Waals surface area contributed by atoms with Gasteiger partial charge in [0.25, 0.3) is 0 Å². The van der Waals surface area contributed by atoms with Crippen LogP contribution < -0.4 is 10.5 Å². The quantitative estimate of drug-likeness (QED) is 0.786. The molecule has 0 atom stereocenters. The van der Waals surface area contributed by atoms with Crippen LogP contribution >= 0.6 is 15.9 Å². The maximum Gasteiger partial charge on any atom is 0.133 e. The second kappa shape index (κ2) is 6.63. The predicted molar refractivity (Wildman–Crippen MR) is 91.9 cm³/mol. The van der Waals surface area contributed by atoms with Crippen LogP contribution in [-0.2, 0) is 12.0 Å². The molecule has 2 N–H and O–H groups in total. The minimum Gasteiger partial charge on any atom is -0.457 e. The molecule has 0 aliphatic carbocycles. The first-order valence-electron chi connectivity index (χ1n) is 7.24. The minimum absolute atomic E-state index is 0.191. The van der Waals surface area contributed by atoms with E-state index in [9.17, 15) is 0 Å². The first-order valence-corrected chi connectivity index (χ1v) is 8.03. The molecule has 0 saturated carbocycles. The van der Waals surface area contributed by atoms with E-state index in [-0.39, 0.29) is 5.41 Å². The normalized spacial score (nSPS) is 11.5. The van der Waals surface area contributed by atoms with Gasteiger partial charge in [0.15, 0.2) is 0 Å². The third kappa shape index (κ3) is 3.66. The molecule has 0 saturated heterocycles. The van der Waals surface area contributed by atoms with Gasteiger partial charge in [-0.25, -0.2) is 0 Å². The first-order chi connectivity index (χ1) is 9.97. The maximum absolute atomic E-state index is 5.97. The van der Waals surface area contributed by atoms with Crippen LogP contribution in [0.5, 0.6) is 11.5 Å². The number of nitrogens with two attached hydrogens (primary N) is 1. The Hall–Kier alpha value is -1.32. The Bertz CT molecular complexity index is 605. The number of benzene rings is 2. The molecule has 2 aromatic carbocycles. The molecule has 0 amide bonds. The van der Waals surface area contributed by atoms with Gasteiger partial charge in [0.05, 0.1) is 0 Å². The van der Waals surface area contributed by atoms with Crippen LogP contribution in [-0.4, -0.2) is 0 Å². The lowest BCUT2D eigenvalue weighted by Gasteiger charge is -2.23. The summed E-state index contributed by atoms with van der Waals surface area (Å²) in [6.07, 6.45) is 1.11. The van der Waals surface area contributed by atoms with Crippen molar-refractivity contribution >= 4 is 15.9 Å². The Labute approximate surface area is 135 Å². The smallest absolute Gasteiger partial charge is 0.133 e. The second-order valence-corrected chi connectivity index (χ2v) is 6.64. The van der Waals surface area contributed by atoms with Gasteiger partial charge in [0, 0.05) is 16.6 Å². The zero-order chi connectivity index (χ0) is 15.5. The molecule has 0 heterocycles. The van der Waals surface area contributed by atoms with E-state index >= 15 is 0 Å². The van der Waals surface area contributed by atoms with Crippen molar-refractivity contribution in [2.24, 2.45) is 5.73 Å². The van der Waals surface area contributed by atoms with E-state index in [4.69, 9.17) is 10.5 Å². The van der Waals surface area contributed by atoms with E-state index in [2.05, 4.69) is 48.8 Å². The van der Waals surface area contributed by atoms with Gasteiger partial charge in [-0.05, 0) is 41.7 Å². The number of ether oxygens (including phenoxy) is 1. The number of hydrogen-bond acceptors (Lipinski definition) is 2. The number of rotatable bonds is 5. The molecule has 2 rings (SSSR count). The average molecular weight is 348 g/mol. The van der Waals surface area contributed by atoms with Gasteiger partial charge in [-0.2, -0.15) is 0 Å². The van der Waals surface area contributed by atoms with Crippen molar-refractivity contribution in [3.05, 3.63) is 58.1 Å². The van der Waals surface area contributed by atoms with Crippen LogP contribution in [0.1, 0.15) is 38.3 Å². The van der Waals surface area contributed by atoms with Crippen molar-refractivity contribution in [3.8, 4) is 11.5 Å².